The van der Waals surface area contributed by atoms with Crippen LogP contribution in [0.3, 0.4) is 0 Å². The third kappa shape index (κ3) is 1.92. The molecule has 0 aromatic carbocycles. The van der Waals surface area contributed by atoms with Crippen LogP contribution in [0.5, 0.6) is 0 Å². The quantitative estimate of drug-likeness (QED) is 0.798. The van der Waals surface area contributed by atoms with Crippen LogP contribution >= 0.6 is 15.9 Å². The van der Waals surface area contributed by atoms with Crippen molar-refractivity contribution in [3.63, 3.8) is 0 Å². The molecule has 100 valence electrons. The van der Waals surface area contributed by atoms with Gasteiger partial charge in [0.05, 0.1) is 5.69 Å². The van der Waals surface area contributed by atoms with Crippen molar-refractivity contribution < 1.29 is 0 Å². The molecule has 2 rings (SSSR count). The number of halogens is 1. The second kappa shape index (κ2) is 4.57. The Hall–Kier alpha value is -1.04. The van der Waals surface area contributed by atoms with E-state index in [0.717, 1.165) is 36.8 Å². The van der Waals surface area contributed by atoms with Crippen LogP contribution in [-0.2, 0) is 5.54 Å². The van der Waals surface area contributed by atoms with Gasteiger partial charge in [0.2, 0.25) is 0 Å². The average Bonchev–Trinajstić information content (AvgIpc) is 2.35. The zero-order valence-electron chi connectivity index (χ0n) is 10.7. The zero-order valence-corrected chi connectivity index (χ0v) is 12.3. The Labute approximate surface area is 114 Å². The van der Waals surface area contributed by atoms with E-state index in [9.17, 15) is 9.59 Å². The van der Waals surface area contributed by atoms with Crippen molar-refractivity contribution >= 4 is 15.9 Å². The van der Waals surface area contributed by atoms with Crippen LogP contribution in [0, 0.1) is 6.92 Å². The lowest BCUT2D eigenvalue weighted by atomic mass is 9.83. The first-order valence-electron chi connectivity index (χ1n) is 6.18. The van der Waals surface area contributed by atoms with Crippen molar-refractivity contribution in [2.45, 2.75) is 51.5 Å². The standard InChI is InChI=1S/C12H18BrN3O2/c1-8-9(13)10(17)15(11(18)16(8)14)12(2)6-4-3-5-7-12/h3-7,14H2,1-2H3. The fourth-order valence-electron chi connectivity index (χ4n) is 2.71. The molecule has 1 aliphatic rings. The summed E-state index contributed by atoms with van der Waals surface area (Å²) < 4.78 is 2.74. The summed E-state index contributed by atoms with van der Waals surface area (Å²) in [5.41, 5.74) is -0.654. The van der Waals surface area contributed by atoms with E-state index in [2.05, 4.69) is 15.9 Å². The van der Waals surface area contributed by atoms with E-state index in [-0.39, 0.29) is 5.56 Å². The smallest absolute Gasteiger partial charge is 0.335 e. The summed E-state index contributed by atoms with van der Waals surface area (Å²) in [7, 11) is 0. The van der Waals surface area contributed by atoms with Crippen LogP contribution in [-0.4, -0.2) is 9.24 Å². The minimum absolute atomic E-state index is 0.274. The highest BCUT2D eigenvalue weighted by Crippen LogP contribution is 2.32. The molecule has 0 amide bonds. The number of rotatable bonds is 1. The highest BCUT2D eigenvalue weighted by atomic mass is 79.9. The Bertz CT molecular complexity index is 545. The molecule has 0 saturated heterocycles. The van der Waals surface area contributed by atoms with Crippen molar-refractivity contribution in [3.05, 3.63) is 31.0 Å². The molecular formula is C12H18BrN3O2. The molecule has 0 aliphatic heterocycles. The molecule has 2 N–H and O–H groups in total. The lowest BCUT2D eigenvalue weighted by molar-refractivity contribution is 0.201. The van der Waals surface area contributed by atoms with Gasteiger partial charge in [-0.25, -0.2) is 9.47 Å². The van der Waals surface area contributed by atoms with Crippen molar-refractivity contribution in [3.8, 4) is 0 Å². The first-order chi connectivity index (χ1) is 8.38. The number of hydrogen-bond donors (Lipinski definition) is 1. The molecular weight excluding hydrogens is 298 g/mol. The van der Waals surface area contributed by atoms with Crippen molar-refractivity contribution in [1.82, 2.24) is 9.24 Å². The van der Waals surface area contributed by atoms with Crippen LogP contribution in [0.25, 0.3) is 0 Å². The maximum absolute atomic E-state index is 12.3. The highest BCUT2D eigenvalue weighted by Gasteiger charge is 2.33. The number of aromatic nitrogens is 2. The lowest BCUT2D eigenvalue weighted by Crippen LogP contribution is -2.53. The lowest BCUT2D eigenvalue weighted by Gasteiger charge is -2.35. The third-order valence-electron chi connectivity index (χ3n) is 3.94. The van der Waals surface area contributed by atoms with Gasteiger partial charge in [0, 0.05) is 5.54 Å². The number of hydrogen-bond acceptors (Lipinski definition) is 3. The van der Waals surface area contributed by atoms with Gasteiger partial charge in [-0.1, -0.05) is 19.3 Å². The fourth-order valence-corrected chi connectivity index (χ4v) is 3.08. The molecule has 1 aromatic rings. The largest absolute Gasteiger partial charge is 0.350 e. The van der Waals surface area contributed by atoms with Crippen molar-refractivity contribution in [2.75, 3.05) is 5.84 Å². The molecule has 18 heavy (non-hydrogen) atoms. The summed E-state index contributed by atoms with van der Waals surface area (Å²) in [4.78, 5) is 24.6. The minimum Gasteiger partial charge on any atom is -0.335 e. The van der Waals surface area contributed by atoms with E-state index in [4.69, 9.17) is 5.84 Å². The van der Waals surface area contributed by atoms with Gasteiger partial charge in [0.1, 0.15) is 4.47 Å². The van der Waals surface area contributed by atoms with Gasteiger partial charge >= 0.3 is 5.69 Å². The summed E-state index contributed by atoms with van der Waals surface area (Å²) in [6, 6.07) is 0. The zero-order chi connectivity index (χ0) is 13.5. The minimum atomic E-state index is -0.426. The number of nitrogens with two attached hydrogens (primary N) is 1. The maximum atomic E-state index is 12.3. The summed E-state index contributed by atoms with van der Waals surface area (Å²) in [5, 5.41) is 0. The molecule has 1 saturated carbocycles. The molecule has 6 heteroatoms. The van der Waals surface area contributed by atoms with Crippen LogP contribution in [0.1, 0.15) is 44.7 Å². The van der Waals surface area contributed by atoms with Crippen LogP contribution in [0.15, 0.2) is 14.1 Å². The van der Waals surface area contributed by atoms with Gasteiger partial charge in [0.15, 0.2) is 0 Å². The fraction of sp³-hybridized carbons (Fsp3) is 0.667. The van der Waals surface area contributed by atoms with Gasteiger partial charge in [-0.15, -0.1) is 0 Å². The van der Waals surface area contributed by atoms with Gasteiger partial charge in [0.25, 0.3) is 5.56 Å². The van der Waals surface area contributed by atoms with Crippen LogP contribution < -0.4 is 17.1 Å². The molecule has 5 nitrogen and oxygen atoms in total. The van der Waals surface area contributed by atoms with Crippen molar-refractivity contribution in [1.29, 1.82) is 0 Å². The molecule has 0 unspecified atom stereocenters. The average molecular weight is 316 g/mol. The summed E-state index contributed by atoms with van der Waals surface area (Å²) in [6.45, 7) is 3.62. The molecule has 0 bridgehead atoms. The molecule has 1 aromatic heterocycles. The van der Waals surface area contributed by atoms with Crippen LogP contribution in [0.4, 0.5) is 0 Å². The first kappa shape index (κ1) is 13.4. The van der Waals surface area contributed by atoms with Gasteiger partial charge < -0.3 is 5.84 Å². The molecule has 0 radical (unpaired) electrons. The predicted molar refractivity (Wildman–Crippen MR) is 74.3 cm³/mol. The van der Waals surface area contributed by atoms with E-state index in [1.807, 2.05) is 6.92 Å². The summed E-state index contributed by atoms with van der Waals surface area (Å²) in [6.07, 6.45) is 4.93. The van der Waals surface area contributed by atoms with E-state index in [0.29, 0.717) is 10.2 Å². The van der Waals surface area contributed by atoms with E-state index < -0.39 is 11.2 Å². The Kier molecular flexibility index (Phi) is 3.40. The monoisotopic (exact) mass is 315 g/mol. The van der Waals surface area contributed by atoms with Gasteiger partial charge in [-0.05, 0) is 42.6 Å². The SMILES string of the molecule is Cc1c(Br)c(=O)n(C2(C)CCCCC2)c(=O)n1N. The van der Waals surface area contributed by atoms with Crippen molar-refractivity contribution in [2.24, 2.45) is 0 Å². The topological polar surface area (TPSA) is 70.0 Å². The molecule has 1 heterocycles. The normalized spacial score (nSPS) is 18.8. The molecule has 0 atom stereocenters. The predicted octanol–water partition coefficient (Wildman–Crippen LogP) is 1.47. The Morgan fingerprint density at radius 2 is 1.78 bits per heavy atom. The van der Waals surface area contributed by atoms with E-state index in [1.54, 1.807) is 6.92 Å². The first-order valence-corrected chi connectivity index (χ1v) is 6.97. The van der Waals surface area contributed by atoms with Gasteiger partial charge in [-0.2, -0.15) is 0 Å². The number of nitrogens with zero attached hydrogens (tertiary/aromatic N) is 2. The number of nitrogen functional groups attached to an aromatic ring is 1. The Balaban J connectivity index is 2.72. The maximum Gasteiger partial charge on any atom is 0.350 e. The van der Waals surface area contributed by atoms with Gasteiger partial charge in [-0.3, -0.25) is 9.36 Å². The Morgan fingerprint density at radius 1 is 1.22 bits per heavy atom. The molecule has 1 fully saturated rings. The van der Waals surface area contributed by atoms with E-state index >= 15 is 0 Å². The van der Waals surface area contributed by atoms with E-state index in [1.165, 1.54) is 4.57 Å². The highest BCUT2D eigenvalue weighted by molar-refractivity contribution is 9.10. The summed E-state index contributed by atoms with van der Waals surface area (Å²) >= 11 is 3.23. The second-order valence-corrected chi connectivity index (χ2v) is 6.04. The van der Waals surface area contributed by atoms with Crippen LogP contribution in [0.2, 0.25) is 0 Å². The molecule has 1 aliphatic carbocycles. The Morgan fingerprint density at radius 3 is 2.33 bits per heavy atom. The molecule has 0 spiro atoms. The third-order valence-corrected chi connectivity index (χ3v) is 4.85. The second-order valence-electron chi connectivity index (χ2n) is 5.25. The summed E-state index contributed by atoms with van der Waals surface area (Å²) in [5.74, 6) is 5.73.